The van der Waals surface area contributed by atoms with E-state index in [-0.39, 0.29) is 24.1 Å². The van der Waals surface area contributed by atoms with Crippen molar-refractivity contribution in [3.05, 3.63) is 203 Å². The Morgan fingerprint density at radius 3 is 1.29 bits per heavy atom. The molecule has 3 aliphatic heterocycles. The van der Waals surface area contributed by atoms with E-state index in [0.29, 0.717) is 39.4 Å². The van der Waals surface area contributed by atoms with Gasteiger partial charge >= 0.3 is 30.0 Å². The minimum absolute atomic E-state index is 0.00111. The standard InChI is InChI=1S/C20H20N2O3.C18H17N3O3.C11H11BrO2.C9H10N2O/c1-2-25-19(23)13-12-16-8-6-7-11-18(16)22-15-14-21(20(22)24)17-9-4-3-5-10-17;22-17(19-24)11-10-14-6-4-5-9-16(14)21-13-12-20(18(21)23)15-7-2-1-3-8-15;1-2-14-11(13)8-7-9-5-3-4-6-10(9)12;12-9-10-6-7-11(9)8-4-2-1-3-5-8/h3-13H,2,14-15H2,1H3;1-11,24H,12-13H2,(H,19,22);3-8H,2H2,1H3;1-5H,6-7H2,(H,10,12)/b13-12+;11-10+;8-7+;. The average Bonchev–Trinajstić information content (AvgIpc) is 4.18. The Balaban J connectivity index is 0.000000170. The molecule has 0 aromatic heterocycles. The highest BCUT2D eigenvalue weighted by atomic mass is 79.9. The van der Waals surface area contributed by atoms with Crippen LogP contribution in [0.4, 0.5) is 42.8 Å². The van der Waals surface area contributed by atoms with Gasteiger partial charge in [-0.05, 0) is 103 Å². The molecule has 6 aromatic rings. The highest BCUT2D eigenvalue weighted by molar-refractivity contribution is 9.10. The number of hydroxylamine groups is 1. The minimum atomic E-state index is -0.622. The molecule has 3 saturated heterocycles. The lowest BCUT2D eigenvalue weighted by atomic mass is 10.1. The number of para-hydroxylation sites is 5. The quantitative estimate of drug-likeness (QED) is 0.0439. The number of esters is 2. The summed E-state index contributed by atoms with van der Waals surface area (Å²) in [5.41, 5.74) is 8.25. The van der Waals surface area contributed by atoms with Crippen molar-refractivity contribution in [2.24, 2.45) is 0 Å². The monoisotopic (exact) mass is 1080 g/mol. The summed E-state index contributed by atoms with van der Waals surface area (Å²) in [5, 5.41) is 11.3. The predicted octanol–water partition coefficient (Wildman–Crippen LogP) is 10.6. The van der Waals surface area contributed by atoms with Gasteiger partial charge in [0.15, 0.2) is 0 Å². The van der Waals surface area contributed by atoms with Crippen LogP contribution >= 0.6 is 15.9 Å². The van der Waals surface area contributed by atoms with E-state index in [1.807, 2.05) is 164 Å². The summed E-state index contributed by atoms with van der Waals surface area (Å²) in [6.45, 7) is 8.17. The molecule has 3 heterocycles. The van der Waals surface area contributed by atoms with Gasteiger partial charge in [-0.3, -0.25) is 34.5 Å². The fraction of sp³-hybridized carbons (Fsp3) is 0.172. The molecule has 7 amide bonds. The van der Waals surface area contributed by atoms with Crippen LogP contribution in [0.15, 0.2) is 186 Å². The van der Waals surface area contributed by atoms with Crippen molar-refractivity contribution >= 4 is 98.5 Å². The number of anilines is 5. The van der Waals surface area contributed by atoms with Crippen LogP contribution in [0.5, 0.6) is 0 Å². The summed E-state index contributed by atoms with van der Waals surface area (Å²) in [6, 6.07) is 51.2. The van der Waals surface area contributed by atoms with E-state index < -0.39 is 11.9 Å². The van der Waals surface area contributed by atoms with Crippen molar-refractivity contribution in [3.8, 4) is 0 Å². The molecule has 9 rings (SSSR count). The van der Waals surface area contributed by atoms with Gasteiger partial charge in [-0.25, -0.2) is 29.5 Å². The lowest BCUT2D eigenvalue weighted by Crippen LogP contribution is -2.32. The summed E-state index contributed by atoms with van der Waals surface area (Å²) in [5.74, 6) is -1.33. The molecule has 0 radical (unpaired) electrons. The number of hydrogen-bond donors (Lipinski definition) is 3. The third-order valence-corrected chi connectivity index (χ3v) is 12.1. The van der Waals surface area contributed by atoms with Crippen LogP contribution in [0, 0.1) is 0 Å². The second-order valence-electron chi connectivity index (χ2n) is 16.2. The lowest BCUT2D eigenvalue weighted by Gasteiger charge is -2.20. The summed E-state index contributed by atoms with van der Waals surface area (Å²) >= 11 is 3.38. The largest absolute Gasteiger partial charge is 0.463 e. The number of nitrogens with zero attached hydrogens (tertiary/aromatic N) is 5. The number of hydrogen-bond acceptors (Lipinski definition) is 9. The maximum atomic E-state index is 12.8. The predicted molar refractivity (Wildman–Crippen MR) is 298 cm³/mol. The van der Waals surface area contributed by atoms with Crippen molar-refractivity contribution in [2.75, 3.05) is 77.0 Å². The molecule has 16 nitrogen and oxygen atoms in total. The molecule has 3 fully saturated rings. The topological polar surface area (TPSA) is 181 Å². The fourth-order valence-corrected chi connectivity index (χ4v) is 8.22. The Morgan fingerprint density at radius 2 is 0.880 bits per heavy atom. The van der Waals surface area contributed by atoms with Gasteiger partial charge in [-0.15, -0.1) is 0 Å². The Morgan fingerprint density at radius 1 is 0.507 bits per heavy atom. The Hall–Kier alpha value is -8.80. The zero-order chi connectivity index (χ0) is 53.4. The summed E-state index contributed by atoms with van der Waals surface area (Å²) in [7, 11) is 0. The van der Waals surface area contributed by atoms with Gasteiger partial charge < -0.3 is 14.8 Å². The third kappa shape index (κ3) is 16.1. The average molecular weight is 1080 g/mol. The van der Waals surface area contributed by atoms with Crippen molar-refractivity contribution < 1.29 is 43.4 Å². The Kier molecular flexibility index (Phi) is 21.5. The Labute approximate surface area is 444 Å². The zero-order valence-corrected chi connectivity index (χ0v) is 43.1. The smallest absolute Gasteiger partial charge is 0.330 e. The van der Waals surface area contributed by atoms with Crippen LogP contribution in [-0.4, -0.2) is 93.6 Å². The van der Waals surface area contributed by atoms with E-state index in [1.54, 1.807) is 62.1 Å². The normalized spacial score (nSPS) is 14.0. The number of carbonyl (C=O) groups excluding carboxylic acids is 6. The SMILES string of the molecule is CCOC(=O)/C=C/c1ccccc1Br.CCOC(=O)/C=C/c1ccccc1N1CCN(c2ccccc2)C1=O.O=C(/C=C/c1ccccc1N1CCN(c2ccccc2)C1=O)NO.O=C1NCCN1c1ccccc1. The molecule has 0 aliphatic carbocycles. The number of nitrogens with one attached hydrogen (secondary N) is 2. The first kappa shape index (κ1) is 55.5. The minimum Gasteiger partial charge on any atom is -0.463 e. The first-order valence-corrected chi connectivity index (χ1v) is 24.9. The second kappa shape index (κ2) is 29.0. The molecule has 3 N–H and O–H groups in total. The first-order chi connectivity index (χ1) is 36.5. The molecule has 75 heavy (non-hydrogen) atoms. The fourth-order valence-electron chi connectivity index (χ4n) is 7.80. The maximum Gasteiger partial charge on any atom is 0.330 e. The van der Waals surface area contributed by atoms with Gasteiger partial charge in [0.25, 0.3) is 5.91 Å². The van der Waals surface area contributed by atoms with E-state index in [0.717, 1.165) is 62.7 Å². The number of ether oxygens (including phenoxy) is 2. The molecule has 386 valence electrons. The molecule has 0 atom stereocenters. The molecule has 3 aliphatic rings. The van der Waals surface area contributed by atoms with Crippen molar-refractivity contribution in [1.82, 2.24) is 10.8 Å². The van der Waals surface area contributed by atoms with Gasteiger partial charge in [0.1, 0.15) is 0 Å². The van der Waals surface area contributed by atoms with Crippen molar-refractivity contribution in [3.63, 3.8) is 0 Å². The molecule has 6 aromatic carbocycles. The number of benzene rings is 6. The summed E-state index contributed by atoms with van der Waals surface area (Å²) in [6.07, 6.45) is 9.00. The number of rotatable bonds is 13. The van der Waals surface area contributed by atoms with E-state index in [1.165, 1.54) is 18.2 Å². The van der Waals surface area contributed by atoms with Gasteiger partial charge in [0, 0.05) is 79.0 Å². The van der Waals surface area contributed by atoms with Crippen LogP contribution < -0.4 is 35.3 Å². The highest BCUT2D eigenvalue weighted by Gasteiger charge is 2.32. The highest BCUT2D eigenvalue weighted by Crippen LogP contribution is 2.30. The maximum absolute atomic E-state index is 12.8. The van der Waals surface area contributed by atoms with Gasteiger partial charge in [0.05, 0.1) is 24.6 Å². The first-order valence-electron chi connectivity index (χ1n) is 24.2. The van der Waals surface area contributed by atoms with E-state index in [9.17, 15) is 28.8 Å². The molecule has 0 spiro atoms. The molecule has 0 bridgehead atoms. The molecule has 17 heteroatoms. The van der Waals surface area contributed by atoms with Crippen LogP contribution in [-0.2, 0) is 23.9 Å². The number of halogens is 1. The summed E-state index contributed by atoms with van der Waals surface area (Å²) < 4.78 is 10.6. The molecule has 0 saturated carbocycles. The zero-order valence-electron chi connectivity index (χ0n) is 41.5. The summed E-state index contributed by atoms with van der Waals surface area (Å²) in [4.78, 5) is 79.2. The van der Waals surface area contributed by atoms with Crippen LogP contribution in [0.2, 0.25) is 0 Å². The molecule has 0 unspecified atom stereocenters. The molecular formula is C58H58BrN7O9. The van der Waals surface area contributed by atoms with Crippen LogP contribution in [0.1, 0.15) is 30.5 Å². The lowest BCUT2D eigenvalue weighted by molar-refractivity contribution is -0.138. The molecular weight excluding hydrogens is 1020 g/mol. The number of carbonyl (C=O) groups is 6. The Bertz CT molecular complexity index is 2960. The third-order valence-electron chi connectivity index (χ3n) is 11.3. The van der Waals surface area contributed by atoms with Crippen LogP contribution in [0.3, 0.4) is 0 Å². The number of urea groups is 3. The van der Waals surface area contributed by atoms with E-state index >= 15 is 0 Å². The van der Waals surface area contributed by atoms with Crippen LogP contribution in [0.25, 0.3) is 18.2 Å². The van der Waals surface area contributed by atoms with Gasteiger partial charge in [-0.2, -0.15) is 0 Å². The van der Waals surface area contributed by atoms with Crippen molar-refractivity contribution in [1.29, 1.82) is 0 Å². The van der Waals surface area contributed by atoms with Gasteiger partial charge in [-0.1, -0.05) is 125 Å². The second-order valence-corrected chi connectivity index (χ2v) is 17.0. The van der Waals surface area contributed by atoms with Gasteiger partial charge in [0.2, 0.25) is 0 Å². The van der Waals surface area contributed by atoms with E-state index in [4.69, 9.17) is 14.7 Å². The number of amides is 7. The van der Waals surface area contributed by atoms with Crippen molar-refractivity contribution in [2.45, 2.75) is 13.8 Å². The van der Waals surface area contributed by atoms with E-state index in [2.05, 4.69) is 21.2 Å².